The van der Waals surface area contributed by atoms with Crippen LogP contribution in [-0.4, -0.2) is 176 Å². The second kappa shape index (κ2) is 20.3. The number of ether oxygens (including phenoxy) is 2. The molecule has 4 N–H and O–H groups in total. The highest BCUT2D eigenvalue weighted by Crippen LogP contribution is 2.18. The van der Waals surface area contributed by atoms with Gasteiger partial charge < -0.3 is 30.1 Å². The molecule has 0 aromatic rings. The highest BCUT2D eigenvalue weighted by Gasteiger charge is 2.21. The van der Waals surface area contributed by atoms with Crippen LogP contribution in [0, 0.1) is 5.41 Å². The number of nitrogens with zero attached hydrogens (tertiary/aromatic N) is 4. The summed E-state index contributed by atoms with van der Waals surface area (Å²) in [5, 5.41) is 30.7. The Morgan fingerprint density at radius 1 is 0.619 bits per heavy atom. The minimum Gasteiger partial charge on any atom is -0.480 e. The summed E-state index contributed by atoms with van der Waals surface area (Å²) in [6.07, 6.45) is 0.442. The molecule has 0 bridgehead atoms. The number of amides is 1. The fourth-order valence-electron chi connectivity index (χ4n) is 4.35. The molecule has 0 saturated carbocycles. The summed E-state index contributed by atoms with van der Waals surface area (Å²) in [7, 11) is 0. The molecule has 1 aliphatic heterocycles. The first kappa shape index (κ1) is 37.3. The van der Waals surface area contributed by atoms with E-state index in [0.29, 0.717) is 58.8 Å². The van der Waals surface area contributed by atoms with E-state index in [-0.39, 0.29) is 76.3 Å². The predicted molar refractivity (Wildman–Crippen MR) is 152 cm³/mol. The van der Waals surface area contributed by atoms with Gasteiger partial charge in [-0.2, -0.15) is 0 Å². The van der Waals surface area contributed by atoms with Crippen molar-refractivity contribution in [3.8, 4) is 0 Å². The number of carboxylic acids is 3. The largest absolute Gasteiger partial charge is 0.480 e. The van der Waals surface area contributed by atoms with E-state index in [2.05, 4.69) is 5.32 Å². The van der Waals surface area contributed by atoms with E-state index in [1.165, 1.54) is 0 Å². The van der Waals surface area contributed by atoms with Crippen LogP contribution in [0.25, 0.3) is 0 Å². The van der Waals surface area contributed by atoms with Crippen LogP contribution in [0.15, 0.2) is 0 Å². The van der Waals surface area contributed by atoms with E-state index in [4.69, 9.17) is 9.47 Å². The molecule has 242 valence electrons. The molecule has 0 radical (unpaired) electrons. The molecular formula is C27H49N5O10. The number of carbonyl (C=O) groups excluding carboxylic acids is 2. The van der Waals surface area contributed by atoms with Crippen molar-refractivity contribution in [1.29, 1.82) is 0 Å². The molecule has 1 heterocycles. The monoisotopic (exact) mass is 603 g/mol. The topological polar surface area (TPSA) is 189 Å². The van der Waals surface area contributed by atoms with Gasteiger partial charge in [0.05, 0.1) is 46.0 Å². The molecule has 1 rings (SSSR count). The molecule has 1 fully saturated rings. The number of Topliss-reactive ketones (excluding diaryl/α,β-unsaturated/α-hetero) is 1. The third-order valence-electron chi connectivity index (χ3n) is 6.30. The summed E-state index contributed by atoms with van der Waals surface area (Å²) >= 11 is 0. The second-order valence-electron chi connectivity index (χ2n) is 11.6. The Morgan fingerprint density at radius 3 is 1.38 bits per heavy atom. The van der Waals surface area contributed by atoms with Crippen molar-refractivity contribution in [2.24, 2.45) is 5.41 Å². The van der Waals surface area contributed by atoms with Crippen LogP contribution in [0.1, 0.15) is 27.2 Å². The minimum atomic E-state index is -1.02. The van der Waals surface area contributed by atoms with Crippen molar-refractivity contribution < 1.29 is 48.8 Å². The van der Waals surface area contributed by atoms with E-state index in [1.54, 1.807) is 14.7 Å². The third-order valence-corrected chi connectivity index (χ3v) is 6.30. The predicted octanol–water partition coefficient (Wildman–Crippen LogP) is -1.38. The molecule has 0 spiro atoms. The Labute approximate surface area is 247 Å². The van der Waals surface area contributed by atoms with Crippen LogP contribution in [0.4, 0.5) is 0 Å². The van der Waals surface area contributed by atoms with E-state index >= 15 is 0 Å². The average molecular weight is 604 g/mol. The van der Waals surface area contributed by atoms with Crippen LogP contribution in [0.3, 0.4) is 0 Å². The van der Waals surface area contributed by atoms with Gasteiger partial charge in [-0.25, -0.2) is 0 Å². The van der Waals surface area contributed by atoms with Crippen molar-refractivity contribution in [3.63, 3.8) is 0 Å². The minimum absolute atomic E-state index is 0.0337. The molecule has 15 nitrogen and oxygen atoms in total. The molecule has 0 unspecified atom stereocenters. The van der Waals surface area contributed by atoms with Crippen LogP contribution in [0.2, 0.25) is 0 Å². The summed E-state index contributed by atoms with van der Waals surface area (Å²) < 4.78 is 10.8. The summed E-state index contributed by atoms with van der Waals surface area (Å²) in [6.45, 7) is 9.07. The maximum absolute atomic E-state index is 12.6. The zero-order valence-electron chi connectivity index (χ0n) is 25.2. The first-order valence-corrected chi connectivity index (χ1v) is 14.2. The Balaban J connectivity index is 2.58. The van der Waals surface area contributed by atoms with Gasteiger partial charge in [-0.3, -0.25) is 43.6 Å². The lowest BCUT2D eigenvalue weighted by atomic mass is 9.90. The smallest absolute Gasteiger partial charge is 0.317 e. The number of carboxylic acid groups (broad SMARTS) is 3. The molecular weight excluding hydrogens is 554 g/mol. The average Bonchev–Trinajstić information content (AvgIpc) is 2.85. The van der Waals surface area contributed by atoms with Crippen LogP contribution < -0.4 is 5.32 Å². The van der Waals surface area contributed by atoms with Crippen LogP contribution in [0.5, 0.6) is 0 Å². The summed E-state index contributed by atoms with van der Waals surface area (Å²) in [6, 6.07) is 0. The molecule has 1 saturated heterocycles. The zero-order valence-corrected chi connectivity index (χ0v) is 25.2. The SMILES string of the molecule is CC(C)(C)CC(=O)COCCOCCNC(=O)CN1CCN(CC(=O)O)CCN(CC(=O)O)CCN(CC(=O)O)CC1. The maximum Gasteiger partial charge on any atom is 0.317 e. The zero-order chi connectivity index (χ0) is 31.5. The van der Waals surface area contributed by atoms with Crippen molar-refractivity contribution in [1.82, 2.24) is 24.9 Å². The van der Waals surface area contributed by atoms with Gasteiger partial charge in [0.1, 0.15) is 6.61 Å². The van der Waals surface area contributed by atoms with Gasteiger partial charge in [0.25, 0.3) is 0 Å². The number of hydrogen-bond donors (Lipinski definition) is 4. The van der Waals surface area contributed by atoms with Gasteiger partial charge in [0.2, 0.25) is 5.91 Å². The van der Waals surface area contributed by atoms with Gasteiger partial charge in [0, 0.05) is 65.3 Å². The molecule has 15 heteroatoms. The fourth-order valence-corrected chi connectivity index (χ4v) is 4.35. The number of nitrogens with one attached hydrogen (secondary N) is 1. The second-order valence-corrected chi connectivity index (χ2v) is 11.6. The number of rotatable bonds is 17. The normalized spacial score (nSPS) is 17.2. The fraction of sp³-hybridized carbons (Fsp3) is 0.815. The van der Waals surface area contributed by atoms with Gasteiger partial charge >= 0.3 is 17.9 Å². The van der Waals surface area contributed by atoms with Crippen molar-refractivity contribution in [3.05, 3.63) is 0 Å². The molecule has 0 aliphatic carbocycles. The highest BCUT2D eigenvalue weighted by molar-refractivity contribution is 5.80. The Bertz CT molecular complexity index is 835. The Hall–Kier alpha value is -2.69. The molecule has 1 amide bonds. The maximum atomic E-state index is 12.6. The molecule has 0 atom stereocenters. The molecule has 42 heavy (non-hydrogen) atoms. The van der Waals surface area contributed by atoms with E-state index in [9.17, 15) is 39.3 Å². The lowest BCUT2D eigenvalue weighted by molar-refractivity contribution is -0.140. The van der Waals surface area contributed by atoms with Crippen molar-refractivity contribution in [2.45, 2.75) is 27.2 Å². The Morgan fingerprint density at radius 2 is 1.00 bits per heavy atom. The first-order chi connectivity index (χ1) is 19.7. The van der Waals surface area contributed by atoms with Gasteiger partial charge in [-0.15, -0.1) is 0 Å². The summed E-state index contributed by atoms with van der Waals surface area (Å²) in [5.74, 6) is -3.25. The quantitative estimate of drug-likeness (QED) is 0.142. The standard InChI is InChI=1S/C27H49N5O10/c1-27(2,3)16-22(33)21-42-15-14-41-13-4-28-23(34)17-29-5-7-30(18-24(35)36)9-11-32(20-26(39)40)12-10-31(8-6-29)19-25(37)38/h4-21H2,1-3H3,(H,28,34)(H,35,36)(H,37,38)(H,39,40). The number of carbonyl (C=O) groups is 5. The number of aliphatic carboxylic acids is 3. The van der Waals surface area contributed by atoms with Crippen LogP contribution in [-0.2, 0) is 33.4 Å². The van der Waals surface area contributed by atoms with Crippen molar-refractivity contribution in [2.75, 3.05) is 112 Å². The van der Waals surface area contributed by atoms with E-state index in [1.807, 2.05) is 25.7 Å². The summed E-state index contributed by atoms with van der Waals surface area (Å²) in [4.78, 5) is 65.4. The molecule has 1 aliphatic rings. The van der Waals surface area contributed by atoms with Crippen LogP contribution >= 0.6 is 0 Å². The first-order valence-electron chi connectivity index (χ1n) is 14.2. The van der Waals surface area contributed by atoms with E-state index < -0.39 is 17.9 Å². The molecule has 0 aromatic heterocycles. The van der Waals surface area contributed by atoms with Gasteiger partial charge in [-0.1, -0.05) is 20.8 Å². The van der Waals surface area contributed by atoms with Gasteiger partial charge in [-0.05, 0) is 5.41 Å². The van der Waals surface area contributed by atoms with E-state index in [0.717, 1.165) is 0 Å². The van der Waals surface area contributed by atoms with Crippen molar-refractivity contribution >= 4 is 29.6 Å². The van der Waals surface area contributed by atoms with Gasteiger partial charge in [0.15, 0.2) is 5.78 Å². The number of hydrogen-bond acceptors (Lipinski definition) is 11. The lowest BCUT2D eigenvalue weighted by Crippen LogP contribution is -2.50. The summed E-state index contributed by atoms with van der Waals surface area (Å²) in [5.41, 5.74) is -0.0834. The third kappa shape index (κ3) is 20.2. The highest BCUT2D eigenvalue weighted by atomic mass is 16.5. The molecule has 0 aromatic carbocycles. The Kier molecular flexibility index (Phi) is 18.0. The lowest BCUT2D eigenvalue weighted by Gasteiger charge is -2.32. The number of ketones is 1.